The van der Waals surface area contributed by atoms with E-state index in [1.807, 2.05) is 30.3 Å². The van der Waals surface area contributed by atoms with Gasteiger partial charge in [-0.15, -0.1) is 0 Å². The molecule has 6 nitrogen and oxygen atoms in total. The molecular weight excluding hydrogens is 510 g/mol. The van der Waals surface area contributed by atoms with Crippen molar-refractivity contribution < 1.29 is 13.2 Å². The van der Waals surface area contributed by atoms with Gasteiger partial charge in [0, 0.05) is 22.4 Å². The Morgan fingerprint density at radius 1 is 1.09 bits per heavy atom. The molecule has 4 aromatic rings. The maximum Gasteiger partial charge on any atom is 0.260 e. The first-order valence-corrected chi connectivity index (χ1v) is 13.0. The zero-order valence-corrected chi connectivity index (χ0v) is 20.6. The molecule has 0 aliphatic heterocycles. The second-order valence-corrected chi connectivity index (χ2v) is 11.9. The Morgan fingerprint density at radius 2 is 1.84 bits per heavy atom. The summed E-state index contributed by atoms with van der Waals surface area (Å²) >= 11 is 4.88. The summed E-state index contributed by atoms with van der Waals surface area (Å²) in [5.41, 5.74) is 1.97. The normalized spacial score (nSPS) is 11.8. The van der Waals surface area contributed by atoms with Crippen molar-refractivity contribution in [3.05, 3.63) is 82.6 Å². The van der Waals surface area contributed by atoms with Crippen molar-refractivity contribution >= 4 is 58.4 Å². The van der Waals surface area contributed by atoms with Crippen LogP contribution < -0.4 is 4.90 Å². The van der Waals surface area contributed by atoms with Crippen LogP contribution in [0.4, 0.5) is 5.13 Å². The van der Waals surface area contributed by atoms with Crippen LogP contribution in [-0.2, 0) is 16.4 Å². The van der Waals surface area contributed by atoms with Gasteiger partial charge in [0.2, 0.25) is 0 Å². The van der Waals surface area contributed by atoms with E-state index in [1.54, 1.807) is 43.3 Å². The van der Waals surface area contributed by atoms with E-state index in [0.717, 1.165) is 20.3 Å². The summed E-state index contributed by atoms with van der Waals surface area (Å²) in [5, 5.41) is -0.0412. The topological polar surface area (TPSA) is 80.2 Å². The van der Waals surface area contributed by atoms with Gasteiger partial charge in [-0.3, -0.25) is 14.7 Å². The summed E-state index contributed by atoms with van der Waals surface area (Å²) in [6.45, 7) is 3.53. The molecule has 0 radical (unpaired) electrons. The Hall–Kier alpha value is -2.62. The average molecular weight is 530 g/mol. The number of benzene rings is 2. The van der Waals surface area contributed by atoms with Crippen LogP contribution >= 0.6 is 27.3 Å². The van der Waals surface area contributed by atoms with E-state index in [1.165, 1.54) is 23.5 Å². The fourth-order valence-corrected chi connectivity index (χ4v) is 5.75. The van der Waals surface area contributed by atoms with Gasteiger partial charge in [-0.05, 0) is 67.9 Å². The number of halogens is 1. The van der Waals surface area contributed by atoms with E-state index >= 15 is 0 Å². The molecule has 0 spiro atoms. The van der Waals surface area contributed by atoms with Crippen LogP contribution in [-0.4, -0.2) is 29.5 Å². The Labute approximate surface area is 199 Å². The second-order valence-electron chi connectivity index (χ2n) is 7.48. The largest absolute Gasteiger partial charge is 0.279 e. The van der Waals surface area contributed by atoms with Crippen molar-refractivity contribution in [3.8, 4) is 0 Å². The highest BCUT2D eigenvalue weighted by molar-refractivity contribution is 9.10. The molecule has 0 unspecified atom stereocenters. The first-order valence-electron chi connectivity index (χ1n) is 9.86. The zero-order valence-electron chi connectivity index (χ0n) is 17.4. The highest BCUT2D eigenvalue weighted by Crippen LogP contribution is 2.32. The van der Waals surface area contributed by atoms with Crippen LogP contribution in [0.5, 0.6) is 0 Å². The molecule has 0 N–H and O–H groups in total. The monoisotopic (exact) mass is 529 g/mol. The molecule has 32 heavy (non-hydrogen) atoms. The summed E-state index contributed by atoms with van der Waals surface area (Å²) in [7, 11) is -3.50. The predicted molar refractivity (Wildman–Crippen MR) is 131 cm³/mol. The van der Waals surface area contributed by atoms with Gasteiger partial charge < -0.3 is 0 Å². The van der Waals surface area contributed by atoms with Gasteiger partial charge in [-0.25, -0.2) is 13.4 Å². The highest BCUT2D eigenvalue weighted by Gasteiger charge is 2.25. The third kappa shape index (κ3) is 4.60. The third-order valence-electron chi connectivity index (χ3n) is 4.94. The zero-order chi connectivity index (χ0) is 22.9. The smallest absolute Gasteiger partial charge is 0.260 e. The molecule has 0 atom stereocenters. The molecule has 0 aliphatic rings. The van der Waals surface area contributed by atoms with Gasteiger partial charge in [0.05, 0.1) is 26.9 Å². The number of anilines is 1. The van der Waals surface area contributed by atoms with E-state index < -0.39 is 15.1 Å². The molecule has 1 amide bonds. The van der Waals surface area contributed by atoms with Crippen molar-refractivity contribution in [2.24, 2.45) is 0 Å². The van der Waals surface area contributed by atoms with E-state index in [-0.39, 0.29) is 17.3 Å². The van der Waals surface area contributed by atoms with Gasteiger partial charge >= 0.3 is 0 Å². The number of thiazole rings is 1. The number of carbonyl (C=O) groups is 1. The average Bonchev–Trinajstić information content (AvgIpc) is 3.20. The summed E-state index contributed by atoms with van der Waals surface area (Å²) in [5.74, 6) is -0.319. The van der Waals surface area contributed by atoms with Crippen LogP contribution in [0, 0.1) is 0 Å². The Balaban J connectivity index is 1.78. The molecule has 0 fully saturated rings. The van der Waals surface area contributed by atoms with Crippen LogP contribution in [0.1, 0.15) is 29.8 Å². The number of sulfone groups is 1. The molecule has 9 heteroatoms. The summed E-state index contributed by atoms with van der Waals surface area (Å²) in [4.78, 5) is 24.0. The van der Waals surface area contributed by atoms with Crippen molar-refractivity contribution in [1.82, 2.24) is 9.97 Å². The number of hydrogen-bond acceptors (Lipinski definition) is 6. The van der Waals surface area contributed by atoms with Crippen LogP contribution in [0.15, 0.2) is 76.4 Å². The molecule has 2 aromatic heterocycles. The molecule has 0 aliphatic carbocycles. The Kier molecular flexibility index (Phi) is 6.41. The quantitative estimate of drug-likeness (QED) is 0.330. The minimum atomic E-state index is -3.50. The van der Waals surface area contributed by atoms with Crippen molar-refractivity contribution in [2.45, 2.75) is 30.5 Å². The number of fused-ring (bicyclic) bond motifs is 1. The number of pyridine rings is 1. The van der Waals surface area contributed by atoms with Crippen LogP contribution in [0.3, 0.4) is 0 Å². The number of rotatable bonds is 6. The van der Waals surface area contributed by atoms with Crippen LogP contribution in [0.25, 0.3) is 10.2 Å². The molecule has 2 aromatic carbocycles. The van der Waals surface area contributed by atoms with E-state index in [9.17, 15) is 13.2 Å². The maximum atomic E-state index is 13.6. The molecular formula is C23H20BrN3O3S2. The maximum absolute atomic E-state index is 13.6. The molecule has 0 saturated carbocycles. The molecule has 164 valence electrons. The van der Waals surface area contributed by atoms with Crippen LogP contribution in [0.2, 0.25) is 0 Å². The summed E-state index contributed by atoms with van der Waals surface area (Å²) in [6, 6.07) is 15.6. The summed E-state index contributed by atoms with van der Waals surface area (Å²) in [6.07, 6.45) is 3.34. The Bertz CT molecular complexity index is 1390. The van der Waals surface area contributed by atoms with E-state index in [2.05, 4.69) is 25.9 Å². The molecule has 0 bridgehead atoms. The molecule has 2 heterocycles. The standard InChI is InChI=1S/C23H20BrN3O3S2/c1-15(2)32(29,30)19-5-3-4-17(12-19)22(28)27(14-16-8-10-25-11-9-16)23-26-20-7-6-18(24)13-21(20)31-23/h3-13,15H,14H2,1-2H3. The number of carbonyl (C=O) groups excluding carboxylic acids is 1. The van der Waals surface area contributed by atoms with Crippen molar-refractivity contribution in [1.29, 1.82) is 0 Å². The molecule has 0 saturated heterocycles. The van der Waals surface area contributed by atoms with Gasteiger partial charge in [0.15, 0.2) is 15.0 Å². The number of nitrogens with zero attached hydrogens (tertiary/aromatic N) is 3. The lowest BCUT2D eigenvalue weighted by atomic mass is 10.2. The lowest BCUT2D eigenvalue weighted by Gasteiger charge is -2.20. The first kappa shape index (κ1) is 22.6. The van der Waals surface area contributed by atoms with Gasteiger partial charge in [-0.2, -0.15) is 0 Å². The predicted octanol–water partition coefficient (Wildman–Crippen LogP) is 5.48. The summed E-state index contributed by atoms with van der Waals surface area (Å²) < 4.78 is 27.2. The van der Waals surface area contributed by atoms with Crippen molar-refractivity contribution in [3.63, 3.8) is 0 Å². The third-order valence-corrected chi connectivity index (χ3v) is 8.62. The Morgan fingerprint density at radius 3 is 2.56 bits per heavy atom. The molecule has 4 rings (SSSR count). The minimum absolute atomic E-state index is 0.135. The van der Waals surface area contributed by atoms with Gasteiger partial charge in [0.1, 0.15) is 0 Å². The van der Waals surface area contributed by atoms with Crippen molar-refractivity contribution in [2.75, 3.05) is 4.90 Å². The fourth-order valence-electron chi connectivity index (χ4n) is 3.13. The highest BCUT2D eigenvalue weighted by atomic mass is 79.9. The first-order chi connectivity index (χ1) is 15.3. The number of aromatic nitrogens is 2. The van der Waals surface area contributed by atoms with E-state index in [4.69, 9.17) is 0 Å². The fraction of sp³-hybridized carbons (Fsp3) is 0.174. The SMILES string of the molecule is CC(C)S(=O)(=O)c1cccc(C(=O)N(Cc2ccncc2)c2nc3ccc(Br)cc3s2)c1. The number of amides is 1. The lowest BCUT2D eigenvalue weighted by molar-refractivity contribution is 0.0985. The van der Waals surface area contributed by atoms with Gasteiger partial charge in [-0.1, -0.05) is 33.3 Å². The second kappa shape index (κ2) is 9.09. The van der Waals surface area contributed by atoms with Gasteiger partial charge in [0.25, 0.3) is 5.91 Å². The van der Waals surface area contributed by atoms with E-state index in [0.29, 0.717) is 10.7 Å². The lowest BCUT2D eigenvalue weighted by Crippen LogP contribution is -2.30. The minimum Gasteiger partial charge on any atom is -0.279 e. The number of hydrogen-bond donors (Lipinski definition) is 0.